The Kier molecular flexibility index (Phi) is 5.39. The van der Waals surface area contributed by atoms with E-state index >= 15 is 0 Å². The molecule has 0 bridgehead atoms. The van der Waals surface area contributed by atoms with Gasteiger partial charge >= 0.3 is 0 Å². The van der Waals surface area contributed by atoms with Gasteiger partial charge in [0, 0.05) is 50.2 Å². The highest BCUT2D eigenvalue weighted by molar-refractivity contribution is 6.00. The molecule has 27 heavy (non-hydrogen) atoms. The van der Waals surface area contributed by atoms with Gasteiger partial charge in [0.25, 0.3) is 5.91 Å². The number of hydrogen-bond acceptors (Lipinski definition) is 5. The number of amides is 1. The molecule has 2 heterocycles. The van der Waals surface area contributed by atoms with E-state index in [4.69, 9.17) is 10.5 Å². The largest absolute Gasteiger partial charge is 0.392 e. The number of rotatable bonds is 5. The van der Waals surface area contributed by atoms with E-state index in [1.165, 1.54) is 12.8 Å². The van der Waals surface area contributed by atoms with Crippen molar-refractivity contribution in [2.75, 3.05) is 44.2 Å². The van der Waals surface area contributed by atoms with Gasteiger partial charge in [-0.1, -0.05) is 12.1 Å². The van der Waals surface area contributed by atoms with Crippen molar-refractivity contribution < 1.29 is 14.6 Å². The minimum Gasteiger partial charge on any atom is -0.392 e. The monoisotopic (exact) mass is 373 g/mol. The van der Waals surface area contributed by atoms with Crippen molar-refractivity contribution in [1.82, 2.24) is 4.90 Å². The van der Waals surface area contributed by atoms with E-state index < -0.39 is 0 Å². The fourth-order valence-corrected chi connectivity index (χ4v) is 5.01. The van der Waals surface area contributed by atoms with Crippen molar-refractivity contribution in [3.63, 3.8) is 0 Å². The number of aliphatic hydroxyl groups excluding tert-OH is 1. The standard InChI is InChI=1S/C21H31N3O3/c22-9-14-27-19-15-18(25)21(19)7-12-24(13-8-21)20(26)16-5-1-2-6-17(16)23-10-3-4-11-23/h1-2,5-6,18-19,25H,3-4,7-15,22H2/t18-,19+/m0/s1. The third kappa shape index (κ3) is 3.35. The first-order valence-electron chi connectivity index (χ1n) is 10.3. The number of carbonyl (C=O) groups is 1. The Morgan fingerprint density at radius 3 is 2.56 bits per heavy atom. The van der Waals surface area contributed by atoms with E-state index in [2.05, 4.69) is 11.0 Å². The van der Waals surface area contributed by atoms with E-state index in [1.807, 2.05) is 23.1 Å². The second-order valence-corrected chi connectivity index (χ2v) is 8.14. The summed E-state index contributed by atoms with van der Waals surface area (Å²) in [6.45, 7) is 4.44. The first-order chi connectivity index (χ1) is 13.2. The number of anilines is 1. The van der Waals surface area contributed by atoms with Gasteiger partial charge in [-0.15, -0.1) is 0 Å². The van der Waals surface area contributed by atoms with Gasteiger partial charge in [0.15, 0.2) is 0 Å². The first kappa shape index (κ1) is 18.7. The molecule has 6 heteroatoms. The number of para-hydroxylation sites is 1. The molecule has 0 unspecified atom stereocenters. The topological polar surface area (TPSA) is 79.0 Å². The minimum absolute atomic E-state index is 0.0742. The van der Waals surface area contributed by atoms with Gasteiger partial charge in [0.2, 0.25) is 0 Å². The molecule has 1 spiro atoms. The summed E-state index contributed by atoms with van der Waals surface area (Å²) in [7, 11) is 0. The van der Waals surface area contributed by atoms with E-state index in [0.717, 1.165) is 37.2 Å². The highest BCUT2D eigenvalue weighted by Crippen LogP contribution is 2.51. The maximum absolute atomic E-state index is 13.2. The van der Waals surface area contributed by atoms with Gasteiger partial charge in [-0.05, 0) is 37.8 Å². The number of ether oxygens (including phenoxy) is 1. The highest BCUT2D eigenvalue weighted by Gasteiger charge is 2.56. The molecule has 2 atom stereocenters. The Morgan fingerprint density at radius 1 is 1.19 bits per heavy atom. The Hall–Kier alpha value is -1.63. The van der Waals surface area contributed by atoms with Crippen LogP contribution in [0.25, 0.3) is 0 Å². The fraction of sp³-hybridized carbons (Fsp3) is 0.667. The maximum Gasteiger partial charge on any atom is 0.255 e. The molecule has 1 aliphatic carbocycles. The number of aliphatic hydroxyl groups is 1. The van der Waals surface area contributed by atoms with E-state index in [0.29, 0.717) is 32.7 Å². The Morgan fingerprint density at radius 2 is 1.89 bits per heavy atom. The molecule has 3 fully saturated rings. The molecule has 2 saturated heterocycles. The van der Waals surface area contributed by atoms with E-state index in [1.54, 1.807) is 0 Å². The Balaban J connectivity index is 1.44. The van der Waals surface area contributed by atoms with Crippen LogP contribution in [0, 0.1) is 5.41 Å². The van der Waals surface area contributed by atoms with Gasteiger partial charge in [-0.25, -0.2) is 0 Å². The van der Waals surface area contributed by atoms with Gasteiger partial charge in [-0.3, -0.25) is 4.79 Å². The SMILES string of the molecule is NCCO[C@@H]1C[C@H](O)C12CCN(C(=O)c1ccccc1N1CCCC1)CC2. The van der Waals surface area contributed by atoms with Crippen LogP contribution in [0.15, 0.2) is 24.3 Å². The summed E-state index contributed by atoms with van der Waals surface area (Å²) in [4.78, 5) is 17.5. The molecule has 2 aliphatic heterocycles. The Bertz CT molecular complexity index is 666. The number of piperidine rings is 1. The number of benzene rings is 1. The molecular formula is C21H31N3O3. The van der Waals surface area contributed by atoms with Crippen LogP contribution in [0.1, 0.15) is 42.5 Å². The van der Waals surface area contributed by atoms with Crippen LogP contribution < -0.4 is 10.6 Å². The summed E-state index contributed by atoms with van der Waals surface area (Å²) in [5.74, 6) is 0.112. The molecule has 4 rings (SSSR count). The van der Waals surface area contributed by atoms with Crippen molar-refractivity contribution in [2.24, 2.45) is 11.1 Å². The quantitative estimate of drug-likeness (QED) is 0.820. The second kappa shape index (κ2) is 7.78. The number of nitrogens with zero attached hydrogens (tertiary/aromatic N) is 2. The summed E-state index contributed by atoms with van der Waals surface area (Å²) >= 11 is 0. The second-order valence-electron chi connectivity index (χ2n) is 8.14. The zero-order valence-electron chi connectivity index (χ0n) is 16.0. The molecule has 1 amide bonds. The van der Waals surface area contributed by atoms with Crippen LogP contribution in [0.2, 0.25) is 0 Å². The number of nitrogens with two attached hydrogens (primary N) is 1. The van der Waals surface area contributed by atoms with Crippen LogP contribution in [0.3, 0.4) is 0 Å². The van der Waals surface area contributed by atoms with E-state index in [9.17, 15) is 9.90 Å². The molecule has 1 aromatic rings. The Labute approximate surface area is 161 Å². The van der Waals surface area contributed by atoms with Crippen molar-refractivity contribution in [3.8, 4) is 0 Å². The zero-order valence-corrected chi connectivity index (χ0v) is 16.0. The molecule has 0 aromatic heterocycles. The number of hydrogen-bond donors (Lipinski definition) is 2. The van der Waals surface area contributed by atoms with E-state index in [-0.39, 0.29) is 23.5 Å². The van der Waals surface area contributed by atoms with Crippen molar-refractivity contribution in [3.05, 3.63) is 29.8 Å². The first-order valence-corrected chi connectivity index (χ1v) is 10.3. The lowest BCUT2D eigenvalue weighted by Gasteiger charge is -2.56. The average molecular weight is 373 g/mol. The average Bonchev–Trinajstić information content (AvgIpc) is 3.25. The molecule has 3 aliphatic rings. The summed E-state index contributed by atoms with van der Waals surface area (Å²) in [5.41, 5.74) is 7.23. The van der Waals surface area contributed by atoms with Crippen molar-refractivity contribution >= 4 is 11.6 Å². The van der Waals surface area contributed by atoms with Crippen LogP contribution in [0.5, 0.6) is 0 Å². The summed E-state index contributed by atoms with van der Waals surface area (Å²) in [5, 5.41) is 10.4. The fourth-order valence-electron chi connectivity index (χ4n) is 5.01. The number of carbonyl (C=O) groups excluding carboxylic acids is 1. The molecular weight excluding hydrogens is 342 g/mol. The predicted octanol–water partition coefficient (Wildman–Crippen LogP) is 1.62. The summed E-state index contributed by atoms with van der Waals surface area (Å²) in [6, 6.07) is 7.98. The molecule has 6 nitrogen and oxygen atoms in total. The molecule has 148 valence electrons. The van der Waals surface area contributed by atoms with Gasteiger partial charge in [0.05, 0.1) is 24.4 Å². The van der Waals surface area contributed by atoms with Crippen molar-refractivity contribution in [2.45, 2.75) is 44.3 Å². The lowest BCUT2D eigenvalue weighted by Crippen LogP contribution is -2.63. The third-order valence-electron chi connectivity index (χ3n) is 6.74. The van der Waals surface area contributed by atoms with Crippen LogP contribution in [-0.4, -0.2) is 67.5 Å². The van der Waals surface area contributed by atoms with Crippen molar-refractivity contribution in [1.29, 1.82) is 0 Å². The lowest BCUT2D eigenvalue weighted by atomic mass is 9.58. The smallest absolute Gasteiger partial charge is 0.255 e. The van der Waals surface area contributed by atoms with Crippen LogP contribution in [0.4, 0.5) is 5.69 Å². The predicted molar refractivity (Wildman–Crippen MR) is 105 cm³/mol. The molecule has 1 aromatic carbocycles. The van der Waals surface area contributed by atoms with Gasteiger partial charge in [0.1, 0.15) is 0 Å². The summed E-state index contributed by atoms with van der Waals surface area (Å²) in [6.07, 6.45) is 4.40. The third-order valence-corrected chi connectivity index (χ3v) is 6.74. The zero-order chi connectivity index (χ0) is 18.9. The molecule has 0 radical (unpaired) electrons. The lowest BCUT2D eigenvalue weighted by molar-refractivity contribution is -0.207. The van der Waals surface area contributed by atoms with Crippen LogP contribution in [-0.2, 0) is 4.74 Å². The number of likely N-dealkylation sites (tertiary alicyclic amines) is 1. The minimum atomic E-state index is -0.325. The highest BCUT2D eigenvalue weighted by atomic mass is 16.5. The van der Waals surface area contributed by atoms with Gasteiger partial charge in [-0.2, -0.15) is 0 Å². The van der Waals surface area contributed by atoms with Crippen LogP contribution >= 0.6 is 0 Å². The van der Waals surface area contributed by atoms with Gasteiger partial charge < -0.3 is 25.4 Å². The molecule has 1 saturated carbocycles. The summed E-state index contributed by atoms with van der Waals surface area (Å²) < 4.78 is 5.86. The maximum atomic E-state index is 13.2. The normalized spacial score (nSPS) is 27.0. The molecule has 3 N–H and O–H groups in total.